The minimum absolute atomic E-state index is 0.201. The molecule has 0 saturated carbocycles. The molecular weight excluding hydrogens is 340 g/mol. The maximum absolute atomic E-state index is 12.4. The smallest absolute Gasteiger partial charge is 0.276 e. The molecule has 1 atom stereocenters. The normalized spacial score (nSPS) is 11.7. The number of rotatable bonds is 5. The second kappa shape index (κ2) is 7.86. The second-order valence-electron chi connectivity index (χ2n) is 6.53. The summed E-state index contributed by atoms with van der Waals surface area (Å²) in [5.74, 6) is -0.517. The van der Waals surface area contributed by atoms with Gasteiger partial charge in [0.1, 0.15) is 6.04 Å². The minimum Gasteiger partial charge on any atom is -0.324 e. The molecule has 27 heavy (non-hydrogen) atoms. The van der Waals surface area contributed by atoms with Crippen molar-refractivity contribution in [1.29, 1.82) is 0 Å². The van der Waals surface area contributed by atoms with E-state index in [1.165, 1.54) is 4.68 Å². The minimum atomic E-state index is -0.549. The van der Waals surface area contributed by atoms with Crippen LogP contribution in [0.25, 0.3) is 0 Å². The highest BCUT2D eigenvalue weighted by Gasteiger charge is 2.18. The number of hydrogen-bond acceptors (Lipinski definition) is 3. The Bertz CT molecular complexity index is 943. The van der Waals surface area contributed by atoms with Crippen LogP contribution in [0.4, 0.5) is 11.4 Å². The summed E-state index contributed by atoms with van der Waals surface area (Å²) in [6, 6.07) is 16.1. The van der Waals surface area contributed by atoms with Crippen molar-refractivity contribution in [3.63, 3.8) is 0 Å². The van der Waals surface area contributed by atoms with Crippen molar-refractivity contribution in [2.45, 2.75) is 26.8 Å². The Balaban J connectivity index is 1.64. The van der Waals surface area contributed by atoms with E-state index >= 15 is 0 Å². The van der Waals surface area contributed by atoms with Crippen LogP contribution in [0.2, 0.25) is 0 Å². The van der Waals surface area contributed by atoms with Gasteiger partial charge in [-0.25, -0.2) is 0 Å². The van der Waals surface area contributed by atoms with Crippen LogP contribution in [0.1, 0.15) is 34.6 Å². The average molecular weight is 362 g/mol. The molecule has 3 rings (SSSR count). The highest BCUT2D eigenvalue weighted by atomic mass is 16.2. The van der Waals surface area contributed by atoms with E-state index in [2.05, 4.69) is 15.7 Å². The molecule has 1 unspecified atom stereocenters. The summed E-state index contributed by atoms with van der Waals surface area (Å²) in [5, 5.41) is 9.89. The molecule has 6 nitrogen and oxygen atoms in total. The van der Waals surface area contributed by atoms with Crippen LogP contribution in [0, 0.1) is 13.8 Å². The van der Waals surface area contributed by atoms with Gasteiger partial charge in [-0.15, -0.1) is 0 Å². The molecule has 0 fully saturated rings. The first-order valence-corrected chi connectivity index (χ1v) is 8.73. The molecule has 0 aliphatic heterocycles. The largest absolute Gasteiger partial charge is 0.324 e. The number of amides is 2. The van der Waals surface area contributed by atoms with Gasteiger partial charge in [0, 0.05) is 17.6 Å². The van der Waals surface area contributed by atoms with E-state index in [-0.39, 0.29) is 17.5 Å². The zero-order valence-electron chi connectivity index (χ0n) is 15.6. The van der Waals surface area contributed by atoms with Crippen molar-refractivity contribution in [3.8, 4) is 0 Å². The molecule has 6 heteroatoms. The van der Waals surface area contributed by atoms with Crippen molar-refractivity contribution >= 4 is 23.2 Å². The van der Waals surface area contributed by atoms with Crippen LogP contribution in [-0.4, -0.2) is 21.6 Å². The predicted molar refractivity (Wildman–Crippen MR) is 106 cm³/mol. The Morgan fingerprint density at radius 3 is 1.93 bits per heavy atom. The Hall–Kier alpha value is -3.41. The number of nitrogens with one attached hydrogen (secondary N) is 2. The zero-order valence-corrected chi connectivity index (χ0v) is 15.6. The van der Waals surface area contributed by atoms with Gasteiger partial charge >= 0.3 is 0 Å². The summed E-state index contributed by atoms with van der Waals surface area (Å²) in [5.41, 5.74) is 3.92. The summed E-state index contributed by atoms with van der Waals surface area (Å²) in [7, 11) is 0. The quantitative estimate of drug-likeness (QED) is 0.721. The third-order valence-corrected chi connectivity index (χ3v) is 4.25. The molecule has 0 bridgehead atoms. The Morgan fingerprint density at radius 2 is 1.37 bits per heavy atom. The van der Waals surface area contributed by atoms with Gasteiger partial charge in [0.05, 0.1) is 0 Å². The molecule has 0 aliphatic rings. The fourth-order valence-corrected chi connectivity index (χ4v) is 2.51. The van der Waals surface area contributed by atoms with Gasteiger partial charge in [0.2, 0.25) is 5.91 Å². The lowest BCUT2D eigenvalue weighted by Gasteiger charge is -2.13. The summed E-state index contributed by atoms with van der Waals surface area (Å²) in [4.78, 5) is 24.8. The van der Waals surface area contributed by atoms with Gasteiger partial charge in [-0.05, 0) is 51.1 Å². The number of nitrogens with zero attached hydrogens (tertiary/aromatic N) is 2. The van der Waals surface area contributed by atoms with Crippen molar-refractivity contribution in [2.24, 2.45) is 0 Å². The van der Waals surface area contributed by atoms with Crippen LogP contribution < -0.4 is 10.6 Å². The molecule has 0 radical (unpaired) electrons. The monoisotopic (exact) mass is 362 g/mol. The van der Waals surface area contributed by atoms with Crippen LogP contribution >= 0.6 is 0 Å². The van der Waals surface area contributed by atoms with Crippen molar-refractivity contribution in [3.05, 3.63) is 77.6 Å². The van der Waals surface area contributed by atoms with Gasteiger partial charge in [-0.3, -0.25) is 14.3 Å². The summed E-state index contributed by atoms with van der Waals surface area (Å²) < 4.78 is 1.48. The molecule has 2 aromatic carbocycles. The zero-order chi connectivity index (χ0) is 19.4. The fourth-order valence-electron chi connectivity index (χ4n) is 2.51. The maximum Gasteiger partial charge on any atom is 0.276 e. The number of aryl methyl sites for hydroxylation is 2. The molecule has 2 amide bonds. The number of carbonyl (C=O) groups excluding carboxylic acids is 2. The first-order valence-electron chi connectivity index (χ1n) is 8.73. The van der Waals surface area contributed by atoms with E-state index in [0.717, 1.165) is 16.8 Å². The molecule has 0 saturated heterocycles. The van der Waals surface area contributed by atoms with Gasteiger partial charge in [0.25, 0.3) is 5.91 Å². The third kappa shape index (κ3) is 4.61. The predicted octanol–water partition coefficient (Wildman–Crippen LogP) is 3.95. The number of aromatic nitrogens is 2. The van der Waals surface area contributed by atoms with Crippen molar-refractivity contribution in [1.82, 2.24) is 9.78 Å². The van der Waals surface area contributed by atoms with Crippen molar-refractivity contribution < 1.29 is 9.59 Å². The van der Waals surface area contributed by atoms with Gasteiger partial charge < -0.3 is 10.6 Å². The van der Waals surface area contributed by atoms with E-state index in [1.54, 1.807) is 19.2 Å². The number of anilines is 2. The fraction of sp³-hybridized carbons (Fsp3) is 0.190. The van der Waals surface area contributed by atoms with Gasteiger partial charge in [-0.2, -0.15) is 5.10 Å². The molecule has 138 valence electrons. The SMILES string of the molecule is Cc1ccc(NC(=O)c2ccn(C(C)C(=O)Nc3ccc(C)cc3)n2)cc1. The molecular formula is C21H22N4O2. The lowest BCUT2D eigenvalue weighted by Crippen LogP contribution is -2.24. The average Bonchev–Trinajstić information content (AvgIpc) is 3.15. The topological polar surface area (TPSA) is 76.0 Å². The molecule has 0 spiro atoms. The Morgan fingerprint density at radius 1 is 0.852 bits per heavy atom. The van der Waals surface area contributed by atoms with E-state index in [0.29, 0.717) is 5.69 Å². The maximum atomic E-state index is 12.4. The summed E-state index contributed by atoms with van der Waals surface area (Å²) >= 11 is 0. The van der Waals surface area contributed by atoms with E-state index < -0.39 is 6.04 Å². The molecule has 3 aromatic rings. The standard InChI is InChI=1S/C21H22N4O2/c1-14-4-8-17(9-5-14)22-20(26)16(3)25-13-12-19(24-25)21(27)23-18-10-6-15(2)7-11-18/h4-13,16H,1-3H3,(H,22,26)(H,23,27). The summed E-state index contributed by atoms with van der Waals surface area (Å²) in [6.07, 6.45) is 1.63. The van der Waals surface area contributed by atoms with Crippen LogP contribution in [0.15, 0.2) is 60.8 Å². The van der Waals surface area contributed by atoms with Crippen LogP contribution in [0.5, 0.6) is 0 Å². The van der Waals surface area contributed by atoms with E-state index in [9.17, 15) is 9.59 Å². The number of hydrogen-bond donors (Lipinski definition) is 2. The first kappa shape index (κ1) is 18.4. The third-order valence-electron chi connectivity index (χ3n) is 4.25. The Kier molecular flexibility index (Phi) is 5.35. The van der Waals surface area contributed by atoms with Crippen LogP contribution in [0.3, 0.4) is 0 Å². The lowest BCUT2D eigenvalue weighted by atomic mass is 10.2. The van der Waals surface area contributed by atoms with Crippen molar-refractivity contribution in [2.75, 3.05) is 10.6 Å². The van der Waals surface area contributed by atoms with Crippen LogP contribution in [-0.2, 0) is 4.79 Å². The Labute approximate surface area is 158 Å². The van der Waals surface area contributed by atoms with E-state index in [4.69, 9.17) is 0 Å². The van der Waals surface area contributed by atoms with Gasteiger partial charge in [0.15, 0.2) is 5.69 Å². The molecule has 0 aliphatic carbocycles. The molecule has 1 heterocycles. The summed E-state index contributed by atoms with van der Waals surface area (Å²) in [6.45, 7) is 5.70. The number of carbonyl (C=O) groups is 2. The second-order valence-corrected chi connectivity index (χ2v) is 6.53. The lowest BCUT2D eigenvalue weighted by molar-refractivity contribution is -0.119. The highest BCUT2D eigenvalue weighted by Crippen LogP contribution is 2.14. The van der Waals surface area contributed by atoms with E-state index in [1.807, 2.05) is 62.4 Å². The molecule has 2 N–H and O–H groups in total. The molecule has 1 aromatic heterocycles. The highest BCUT2D eigenvalue weighted by molar-refractivity contribution is 6.02. The van der Waals surface area contributed by atoms with Gasteiger partial charge in [-0.1, -0.05) is 35.4 Å². The number of benzene rings is 2. The first-order chi connectivity index (χ1) is 12.9.